The Morgan fingerprint density at radius 3 is 2.40 bits per heavy atom. The summed E-state index contributed by atoms with van der Waals surface area (Å²) >= 11 is 0. The van der Waals surface area contributed by atoms with Crippen LogP contribution in [0.2, 0.25) is 0 Å². The van der Waals surface area contributed by atoms with Crippen LogP contribution < -0.4 is 15.0 Å². The van der Waals surface area contributed by atoms with E-state index in [-0.39, 0.29) is 5.91 Å². The Labute approximate surface area is 270 Å². The van der Waals surface area contributed by atoms with Crippen LogP contribution >= 0.6 is 0 Å². The van der Waals surface area contributed by atoms with Crippen molar-refractivity contribution in [3.8, 4) is 5.75 Å². The van der Waals surface area contributed by atoms with Gasteiger partial charge >= 0.3 is 0 Å². The van der Waals surface area contributed by atoms with Gasteiger partial charge in [0.2, 0.25) is 0 Å². The molecule has 0 spiro atoms. The molecule has 0 atom stereocenters. The Kier molecular flexibility index (Phi) is 13.9. The molecule has 0 bridgehead atoms. The van der Waals surface area contributed by atoms with Gasteiger partial charge in [-0.25, -0.2) is 0 Å². The lowest BCUT2D eigenvalue weighted by atomic mass is 9.95. The number of unbranched alkanes of at least 4 members (excludes halogenated alkanes) is 3. The second kappa shape index (κ2) is 18.1. The fourth-order valence-electron chi connectivity index (χ4n) is 4.81. The van der Waals surface area contributed by atoms with Crippen LogP contribution in [0, 0.1) is 6.92 Å². The summed E-state index contributed by atoms with van der Waals surface area (Å²) in [6, 6.07) is 22.0. The molecule has 0 fully saturated rings. The molecule has 0 aliphatic heterocycles. The van der Waals surface area contributed by atoms with E-state index in [9.17, 15) is 4.79 Å². The number of para-hydroxylation sites is 1. The van der Waals surface area contributed by atoms with Crippen LogP contribution in [0.15, 0.2) is 121 Å². The van der Waals surface area contributed by atoms with Gasteiger partial charge in [0, 0.05) is 42.7 Å². The Hall–Kier alpha value is -4.83. The van der Waals surface area contributed by atoms with Crippen LogP contribution in [0.4, 0.5) is 11.4 Å². The van der Waals surface area contributed by atoms with Crippen molar-refractivity contribution >= 4 is 35.0 Å². The van der Waals surface area contributed by atoms with Crippen molar-refractivity contribution in [1.82, 2.24) is 0 Å². The van der Waals surface area contributed by atoms with Crippen LogP contribution in [-0.4, -0.2) is 26.6 Å². The Balaban J connectivity index is 2.14. The first-order valence-corrected chi connectivity index (χ1v) is 15.7. The van der Waals surface area contributed by atoms with E-state index < -0.39 is 0 Å². The molecule has 3 rings (SSSR count). The first kappa shape index (κ1) is 34.7. The second-order valence-electron chi connectivity index (χ2n) is 11.3. The van der Waals surface area contributed by atoms with Crippen molar-refractivity contribution in [2.75, 3.05) is 30.9 Å². The Morgan fingerprint density at radius 2 is 1.71 bits per heavy atom. The molecule has 0 saturated carbocycles. The lowest BCUT2D eigenvalue weighted by Crippen LogP contribution is -2.16. The minimum atomic E-state index is -0.220. The van der Waals surface area contributed by atoms with Crippen molar-refractivity contribution in [3.63, 3.8) is 0 Å². The summed E-state index contributed by atoms with van der Waals surface area (Å²) in [4.78, 5) is 16.1. The first-order valence-electron chi connectivity index (χ1n) is 15.7. The molecule has 0 unspecified atom stereocenters. The minimum absolute atomic E-state index is 0.220. The summed E-state index contributed by atoms with van der Waals surface area (Å²) in [7, 11) is 4.02. The molecule has 3 aromatic carbocycles. The molecule has 1 amide bonds. The van der Waals surface area contributed by atoms with E-state index in [4.69, 9.17) is 4.74 Å². The summed E-state index contributed by atoms with van der Waals surface area (Å²) in [6.07, 6.45) is 17.8. The summed E-state index contributed by atoms with van der Waals surface area (Å²) < 4.78 is 6.35. The quantitative estimate of drug-likeness (QED) is 0.101. The van der Waals surface area contributed by atoms with Gasteiger partial charge in [0.1, 0.15) is 5.75 Å². The average molecular weight is 601 g/mol. The predicted molar refractivity (Wildman–Crippen MR) is 196 cm³/mol. The number of anilines is 2. The second-order valence-corrected chi connectivity index (χ2v) is 11.3. The van der Waals surface area contributed by atoms with Gasteiger partial charge in [-0.2, -0.15) is 0 Å². The fraction of sp³-hybridized carbons (Fsp3) is 0.244. The number of ether oxygens (including phenoxy) is 1. The van der Waals surface area contributed by atoms with E-state index in [1.165, 1.54) is 18.4 Å². The van der Waals surface area contributed by atoms with E-state index in [1.807, 2.05) is 86.9 Å². The highest BCUT2D eigenvalue weighted by Crippen LogP contribution is 2.31. The number of rotatable bonds is 16. The van der Waals surface area contributed by atoms with E-state index in [2.05, 4.69) is 68.4 Å². The van der Waals surface area contributed by atoms with E-state index in [0.717, 1.165) is 57.8 Å². The lowest BCUT2D eigenvalue weighted by Gasteiger charge is -2.17. The molecule has 234 valence electrons. The third kappa shape index (κ3) is 10.7. The van der Waals surface area contributed by atoms with Crippen molar-refractivity contribution in [1.29, 1.82) is 0 Å². The molecule has 1 N–H and O–H groups in total. The standard InChI is InChI=1S/C41H48N2O2/c1-8-11-13-17-26-45-40-30-38(43(6)7)25-24-36(40)29-39(41(44)42-37-20-15-14-16-21-37)35(18-10-3)27-32(5)34-23-22-31(4)33(28-34)19-12-9-2/h9-10,12,14-16,18-25,27-30H,2-3,8,11,13,17,26H2,1,4-7H3,(H,42,44)/b19-12-,32-27+,35-18+,39-29-. The van der Waals surface area contributed by atoms with Crippen LogP contribution in [0.5, 0.6) is 5.75 Å². The number of allylic oxidation sites excluding steroid dienone is 6. The number of amides is 1. The molecule has 3 aromatic rings. The predicted octanol–water partition coefficient (Wildman–Crippen LogP) is 10.5. The molecule has 4 nitrogen and oxygen atoms in total. The average Bonchev–Trinajstić information content (AvgIpc) is 3.03. The van der Waals surface area contributed by atoms with Gasteiger partial charge in [-0.05, 0) is 84.5 Å². The number of hydrogen-bond donors (Lipinski definition) is 1. The molecular weight excluding hydrogens is 552 g/mol. The van der Waals surface area contributed by atoms with Gasteiger partial charge < -0.3 is 15.0 Å². The molecule has 45 heavy (non-hydrogen) atoms. The lowest BCUT2D eigenvalue weighted by molar-refractivity contribution is -0.112. The zero-order valence-electron chi connectivity index (χ0n) is 27.6. The van der Waals surface area contributed by atoms with Crippen molar-refractivity contribution in [2.45, 2.75) is 46.5 Å². The maximum Gasteiger partial charge on any atom is 0.256 e. The SMILES string of the molecule is C=C/C=C\c1cc(/C(C)=C/C(=C\C=C)C(=C/c2ccc(N(C)C)cc2OCCCCCC)/C(=O)Nc2ccccc2)ccc1C. The number of aryl methyl sites for hydroxylation is 1. The van der Waals surface area contributed by atoms with Crippen molar-refractivity contribution in [2.24, 2.45) is 0 Å². The zero-order valence-corrected chi connectivity index (χ0v) is 27.6. The fourth-order valence-corrected chi connectivity index (χ4v) is 4.81. The van der Waals surface area contributed by atoms with Crippen LogP contribution in [0.25, 0.3) is 17.7 Å². The number of carbonyl (C=O) groups excluding carboxylic acids is 1. The maximum absolute atomic E-state index is 14.0. The van der Waals surface area contributed by atoms with Gasteiger partial charge in [0.25, 0.3) is 5.91 Å². The number of carbonyl (C=O) groups is 1. The third-order valence-corrected chi connectivity index (χ3v) is 7.47. The molecular formula is C41H48N2O2. The van der Waals surface area contributed by atoms with Crippen molar-refractivity contribution in [3.05, 3.63) is 144 Å². The molecule has 0 aliphatic carbocycles. The smallest absolute Gasteiger partial charge is 0.256 e. The van der Waals surface area contributed by atoms with Crippen LogP contribution in [-0.2, 0) is 4.79 Å². The number of nitrogens with one attached hydrogen (secondary N) is 1. The van der Waals surface area contributed by atoms with E-state index in [1.54, 1.807) is 12.2 Å². The maximum atomic E-state index is 14.0. The summed E-state index contributed by atoms with van der Waals surface area (Å²) in [5.41, 5.74) is 8.21. The summed E-state index contributed by atoms with van der Waals surface area (Å²) in [6.45, 7) is 14.7. The van der Waals surface area contributed by atoms with Crippen molar-refractivity contribution < 1.29 is 9.53 Å². The zero-order chi connectivity index (χ0) is 32.6. The summed E-state index contributed by atoms with van der Waals surface area (Å²) in [5.74, 6) is 0.529. The molecule has 0 heterocycles. The van der Waals surface area contributed by atoms with Gasteiger partial charge in [-0.15, -0.1) is 0 Å². The highest BCUT2D eigenvalue weighted by Gasteiger charge is 2.17. The Morgan fingerprint density at radius 1 is 0.933 bits per heavy atom. The molecule has 0 aliphatic rings. The topological polar surface area (TPSA) is 41.6 Å². The molecule has 4 heteroatoms. The van der Waals surface area contributed by atoms with Gasteiger partial charge in [0.15, 0.2) is 0 Å². The number of benzene rings is 3. The van der Waals surface area contributed by atoms with Gasteiger partial charge in [-0.3, -0.25) is 4.79 Å². The molecule has 0 radical (unpaired) electrons. The Bertz CT molecular complexity index is 1570. The monoisotopic (exact) mass is 600 g/mol. The van der Waals surface area contributed by atoms with E-state index in [0.29, 0.717) is 12.2 Å². The van der Waals surface area contributed by atoms with Gasteiger partial charge in [0.05, 0.1) is 6.61 Å². The summed E-state index contributed by atoms with van der Waals surface area (Å²) in [5, 5.41) is 3.09. The highest BCUT2D eigenvalue weighted by atomic mass is 16.5. The van der Waals surface area contributed by atoms with Crippen LogP contribution in [0.3, 0.4) is 0 Å². The normalized spacial score (nSPS) is 12.2. The van der Waals surface area contributed by atoms with Gasteiger partial charge in [-0.1, -0.05) is 106 Å². The van der Waals surface area contributed by atoms with Crippen LogP contribution in [0.1, 0.15) is 61.8 Å². The first-order chi connectivity index (χ1) is 21.8. The molecule has 0 aromatic heterocycles. The largest absolute Gasteiger partial charge is 0.493 e. The number of hydrogen-bond acceptors (Lipinski definition) is 3. The molecule has 0 saturated heterocycles. The number of nitrogens with zero attached hydrogens (tertiary/aromatic N) is 1. The minimum Gasteiger partial charge on any atom is -0.493 e. The van der Waals surface area contributed by atoms with E-state index >= 15 is 0 Å². The third-order valence-electron chi connectivity index (χ3n) is 7.47. The highest BCUT2D eigenvalue weighted by molar-refractivity contribution is 6.11.